The maximum atomic E-state index is 12.4. The highest BCUT2D eigenvalue weighted by molar-refractivity contribution is 7.92. The van der Waals surface area contributed by atoms with Crippen LogP contribution in [0.1, 0.15) is 25.3 Å². The van der Waals surface area contributed by atoms with Gasteiger partial charge >= 0.3 is 0 Å². The normalized spacial score (nSPS) is 11.1. The number of aromatic nitrogens is 2. The molecule has 0 aliphatic heterocycles. The van der Waals surface area contributed by atoms with E-state index in [9.17, 15) is 8.42 Å². The van der Waals surface area contributed by atoms with Gasteiger partial charge in [0.05, 0.1) is 4.90 Å². The number of rotatable bonds is 6. The van der Waals surface area contributed by atoms with E-state index >= 15 is 0 Å². The van der Waals surface area contributed by atoms with Crippen molar-refractivity contribution >= 4 is 44.7 Å². The van der Waals surface area contributed by atoms with Crippen molar-refractivity contribution in [3.63, 3.8) is 0 Å². The molecule has 1 heterocycles. The van der Waals surface area contributed by atoms with Gasteiger partial charge in [-0.1, -0.05) is 26.0 Å². The van der Waals surface area contributed by atoms with Crippen molar-refractivity contribution in [1.82, 2.24) is 9.97 Å². The van der Waals surface area contributed by atoms with E-state index in [4.69, 9.17) is 12.2 Å². The monoisotopic (exact) mass is 427 g/mol. The Morgan fingerprint density at radius 1 is 0.897 bits per heavy atom. The van der Waals surface area contributed by atoms with Gasteiger partial charge in [-0.2, -0.15) is 0 Å². The second kappa shape index (κ2) is 8.97. The number of benzene rings is 2. The maximum absolute atomic E-state index is 12.4. The third-order valence-corrected chi connectivity index (χ3v) is 5.60. The molecule has 3 N–H and O–H groups in total. The van der Waals surface area contributed by atoms with Crippen LogP contribution in [0.2, 0.25) is 0 Å². The third-order valence-electron chi connectivity index (χ3n) is 4.05. The van der Waals surface area contributed by atoms with Crippen molar-refractivity contribution in [2.75, 3.05) is 15.4 Å². The molecule has 3 aromatic rings. The summed E-state index contributed by atoms with van der Waals surface area (Å²) in [6.45, 7) is 4.28. The predicted molar refractivity (Wildman–Crippen MR) is 120 cm³/mol. The molecule has 0 radical (unpaired) electrons. The summed E-state index contributed by atoms with van der Waals surface area (Å²) in [6, 6.07) is 15.9. The molecule has 0 bridgehead atoms. The molecule has 0 atom stereocenters. The Morgan fingerprint density at radius 3 is 1.93 bits per heavy atom. The van der Waals surface area contributed by atoms with Crippen LogP contribution < -0.4 is 15.4 Å². The number of hydrogen-bond acceptors (Lipinski definition) is 5. The SMILES string of the molecule is CC(C)c1ccc(NC(=S)Nc2ccc(S(=O)(=O)Nc3ncccn3)cc2)cc1. The molecule has 0 fully saturated rings. The Bertz CT molecular complexity index is 1070. The number of sulfonamides is 1. The predicted octanol–water partition coefficient (Wildman–Crippen LogP) is 4.21. The summed E-state index contributed by atoms with van der Waals surface area (Å²) in [5, 5.41) is 6.55. The molecule has 9 heteroatoms. The van der Waals surface area contributed by atoms with Crippen molar-refractivity contribution in [2.45, 2.75) is 24.7 Å². The van der Waals surface area contributed by atoms with Crippen LogP contribution in [0.4, 0.5) is 17.3 Å². The fraction of sp³-hybridized carbons (Fsp3) is 0.150. The Balaban J connectivity index is 1.61. The Kier molecular flexibility index (Phi) is 6.40. The molecule has 1 aromatic heterocycles. The summed E-state index contributed by atoms with van der Waals surface area (Å²) in [6.07, 6.45) is 2.92. The molecule has 0 aliphatic carbocycles. The topological polar surface area (TPSA) is 96.0 Å². The number of nitrogens with one attached hydrogen (secondary N) is 3. The fourth-order valence-electron chi connectivity index (χ4n) is 2.49. The molecule has 0 amide bonds. The second-order valence-corrected chi connectivity index (χ2v) is 8.65. The van der Waals surface area contributed by atoms with Gasteiger partial charge in [-0.3, -0.25) is 0 Å². The van der Waals surface area contributed by atoms with Crippen molar-refractivity contribution in [2.24, 2.45) is 0 Å². The first-order chi connectivity index (χ1) is 13.8. The van der Waals surface area contributed by atoms with Gasteiger partial charge in [0, 0.05) is 23.8 Å². The molecule has 29 heavy (non-hydrogen) atoms. The van der Waals surface area contributed by atoms with Crippen LogP contribution >= 0.6 is 12.2 Å². The first kappa shape index (κ1) is 20.7. The van der Waals surface area contributed by atoms with Gasteiger partial charge in [-0.25, -0.2) is 23.1 Å². The summed E-state index contributed by atoms with van der Waals surface area (Å²) >= 11 is 5.33. The number of anilines is 3. The highest BCUT2D eigenvalue weighted by atomic mass is 32.2. The number of hydrogen-bond donors (Lipinski definition) is 3. The molecule has 150 valence electrons. The van der Waals surface area contributed by atoms with E-state index in [1.54, 1.807) is 18.2 Å². The van der Waals surface area contributed by atoms with E-state index < -0.39 is 10.0 Å². The van der Waals surface area contributed by atoms with Gasteiger partial charge in [0.2, 0.25) is 5.95 Å². The van der Waals surface area contributed by atoms with Crippen molar-refractivity contribution < 1.29 is 8.42 Å². The molecular weight excluding hydrogens is 406 g/mol. The first-order valence-electron chi connectivity index (χ1n) is 8.91. The van der Waals surface area contributed by atoms with Gasteiger partial charge in [0.15, 0.2) is 5.11 Å². The van der Waals surface area contributed by atoms with Gasteiger partial charge < -0.3 is 10.6 Å². The van der Waals surface area contributed by atoms with E-state index in [0.29, 0.717) is 16.7 Å². The van der Waals surface area contributed by atoms with E-state index in [1.165, 1.54) is 30.1 Å². The summed E-state index contributed by atoms with van der Waals surface area (Å²) < 4.78 is 27.1. The van der Waals surface area contributed by atoms with E-state index in [1.807, 2.05) is 12.1 Å². The zero-order valence-electron chi connectivity index (χ0n) is 16.0. The highest BCUT2D eigenvalue weighted by Gasteiger charge is 2.15. The summed E-state index contributed by atoms with van der Waals surface area (Å²) in [5.41, 5.74) is 2.79. The number of thiocarbonyl (C=S) groups is 1. The smallest absolute Gasteiger partial charge is 0.264 e. The minimum atomic E-state index is -3.77. The molecule has 2 aromatic carbocycles. The molecular formula is C20H21N5O2S2. The zero-order valence-corrected chi connectivity index (χ0v) is 17.6. The van der Waals surface area contributed by atoms with E-state index in [2.05, 4.69) is 51.3 Å². The maximum Gasteiger partial charge on any atom is 0.264 e. The Hall–Kier alpha value is -3.04. The molecule has 3 rings (SSSR count). The molecule has 0 saturated carbocycles. The van der Waals surface area contributed by atoms with Crippen LogP contribution in [-0.4, -0.2) is 23.5 Å². The average molecular weight is 428 g/mol. The molecule has 0 aliphatic rings. The summed E-state index contributed by atoms with van der Waals surface area (Å²) in [4.78, 5) is 7.82. The first-order valence-corrected chi connectivity index (χ1v) is 10.8. The van der Waals surface area contributed by atoms with Crippen LogP contribution in [0.5, 0.6) is 0 Å². The van der Waals surface area contributed by atoms with Gasteiger partial charge in [0.1, 0.15) is 0 Å². The minimum absolute atomic E-state index is 0.0172. The molecule has 0 spiro atoms. The summed E-state index contributed by atoms with van der Waals surface area (Å²) in [5.74, 6) is 0.482. The van der Waals surface area contributed by atoms with Gasteiger partial charge in [-0.05, 0) is 66.2 Å². The minimum Gasteiger partial charge on any atom is -0.332 e. The van der Waals surface area contributed by atoms with Gasteiger partial charge in [-0.15, -0.1) is 0 Å². The van der Waals surface area contributed by atoms with E-state index in [-0.39, 0.29) is 10.8 Å². The quantitative estimate of drug-likeness (QED) is 0.507. The lowest BCUT2D eigenvalue weighted by Gasteiger charge is -2.12. The lowest BCUT2D eigenvalue weighted by Crippen LogP contribution is -2.19. The lowest BCUT2D eigenvalue weighted by molar-refractivity contribution is 0.601. The molecule has 0 unspecified atom stereocenters. The standard InChI is InChI=1S/C20H21N5O2S2/c1-14(2)15-4-6-16(7-5-15)23-20(28)24-17-8-10-18(11-9-17)29(26,27)25-19-21-12-3-13-22-19/h3-14H,1-2H3,(H,21,22,25)(H2,23,24,28). The highest BCUT2D eigenvalue weighted by Crippen LogP contribution is 2.19. The van der Waals surface area contributed by atoms with Crippen LogP contribution in [0.3, 0.4) is 0 Å². The Labute approximate surface area is 175 Å². The zero-order chi connectivity index (χ0) is 20.9. The molecule has 7 nitrogen and oxygen atoms in total. The fourth-order valence-corrected chi connectivity index (χ4v) is 3.69. The summed E-state index contributed by atoms with van der Waals surface area (Å²) in [7, 11) is -3.77. The Morgan fingerprint density at radius 2 is 1.41 bits per heavy atom. The van der Waals surface area contributed by atoms with Crippen molar-refractivity contribution in [3.8, 4) is 0 Å². The number of nitrogens with zero attached hydrogens (tertiary/aromatic N) is 2. The average Bonchev–Trinajstić information content (AvgIpc) is 2.69. The van der Waals surface area contributed by atoms with Crippen LogP contribution in [0.25, 0.3) is 0 Å². The van der Waals surface area contributed by atoms with Gasteiger partial charge in [0.25, 0.3) is 10.0 Å². The largest absolute Gasteiger partial charge is 0.332 e. The third kappa shape index (κ3) is 5.72. The van der Waals surface area contributed by atoms with Crippen LogP contribution in [0, 0.1) is 0 Å². The lowest BCUT2D eigenvalue weighted by atomic mass is 10.0. The van der Waals surface area contributed by atoms with Crippen molar-refractivity contribution in [3.05, 3.63) is 72.6 Å². The van der Waals surface area contributed by atoms with E-state index in [0.717, 1.165) is 5.69 Å². The van der Waals surface area contributed by atoms with Crippen molar-refractivity contribution in [1.29, 1.82) is 0 Å². The van der Waals surface area contributed by atoms with Crippen LogP contribution in [0.15, 0.2) is 71.9 Å². The second-order valence-electron chi connectivity index (χ2n) is 6.56. The van der Waals surface area contributed by atoms with Crippen LogP contribution in [-0.2, 0) is 10.0 Å². The molecule has 0 saturated heterocycles.